The topological polar surface area (TPSA) is 46.2 Å². The van der Waals surface area contributed by atoms with E-state index in [0.29, 0.717) is 0 Å². The van der Waals surface area contributed by atoms with Crippen LogP contribution in [0.1, 0.15) is 40.2 Å². The van der Waals surface area contributed by atoms with E-state index in [2.05, 4.69) is 15.9 Å². The maximum Gasteiger partial charge on any atom is 0.405 e. The molecule has 3 nitrogen and oxygen atoms in total. The van der Waals surface area contributed by atoms with Crippen LogP contribution in [0.25, 0.3) is 6.08 Å². The number of halogens is 10. The number of ketones is 1. The molecule has 2 rings (SSSR count). The molecule has 1 atom stereocenters. The van der Waals surface area contributed by atoms with Crippen LogP contribution in [-0.4, -0.2) is 30.6 Å². The first-order valence-electron chi connectivity index (χ1n) is 9.64. The van der Waals surface area contributed by atoms with Crippen LogP contribution >= 0.6 is 39.1 Å². The summed E-state index contributed by atoms with van der Waals surface area (Å²) in [5.41, 5.74) is -0.0139. The number of carbonyl (C=O) groups is 2. The number of hydrogen-bond acceptors (Lipinski definition) is 2. The lowest BCUT2D eigenvalue weighted by molar-refractivity contribution is -0.139. The van der Waals surface area contributed by atoms with Crippen molar-refractivity contribution in [2.24, 2.45) is 0 Å². The first-order valence-corrected chi connectivity index (χ1v) is 11.2. The molecule has 2 aromatic rings. The highest BCUT2D eigenvalue weighted by atomic mass is 79.9. The van der Waals surface area contributed by atoms with Gasteiger partial charge in [-0.25, -0.2) is 4.39 Å². The molecular weight excluding hydrogens is 594 g/mol. The van der Waals surface area contributed by atoms with Gasteiger partial charge in [-0.15, -0.1) is 0 Å². The third-order valence-electron chi connectivity index (χ3n) is 4.56. The lowest BCUT2D eigenvalue weighted by Gasteiger charge is -2.18. The summed E-state index contributed by atoms with van der Waals surface area (Å²) < 4.78 is 91.0. The Morgan fingerprint density at radius 2 is 1.60 bits per heavy atom. The molecule has 2 aromatic carbocycles. The lowest BCUT2D eigenvalue weighted by Crippen LogP contribution is -2.33. The van der Waals surface area contributed by atoms with Gasteiger partial charge in [-0.2, -0.15) is 26.3 Å². The number of alkyl halides is 6. The highest BCUT2D eigenvalue weighted by Crippen LogP contribution is 2.39. The molecule has 0 aliphatic rings. The summed E-state index contributed by atoms with van der Waals surface area (Å²) in [5, 5.41) is 0.525. The predicted molar refractivity (Wildman–Crippen MR) is 121 cm³/mol. The van der Waals surface area contributed by atoms with Crippen molar-refractivity contribution in [3.8, 4) is 0 Å². The fraction of sp³-hybridized carbons (Fsp3) is 0.273. The molecule has 35 heavy (non-hydrogen) atoms. The maximum absolute atomic E-state index is 13.6. The zero-order chi connectivity index (χ0) is 26.6. The molecule has 0 aliphatic heterocycles. The van der Waals surface area contributed by atoms with Crippen molar-refractivity contribution in [1.82, 2.24) is 5.32 Å². The van der Waals surface area contributed by atoms with Gasteiger partial charge in [0.05, 0.1) is 16.0 Å². The van der Waals surface area contributed by atoms with Gasteiger partial charge < -0.3 is 5.32 Å². The fourth-order valence-corrected chi connectivity index (χ4v) is 4.00. The van der Waals surface area contributed by atoms with Crippen LogP contribution in [-0.2, 0) is 4.79 Å². The normalized spacial score (nSPS) is 13.2. The van der Waals surface area contributed by atoms with Crippen molar-refractivity contribution >= 4 is 56.9 Å². The summed E-state index contributed by atoms with van der Waals surface area (Å²) in [6.07, 6.45) is -8.23. The summed E-state index contributed by atoms with van der Waals surface area (Å²) in [6.45, 7) is -1.51. The summed E-state index contributed by atoms with van der Waals surface area (Å²) in [6, 6.07) is 5.65. The fourth-order valence-electron chi connectivity index (χ4n) is 2.88. The molecule has 0 bridgehead atoms. The molecule has 1 amide bonds. The largest absolute Gasteiger partial charge is 0.405 e. The number of carbonyl (C=O) groups excluding carboxylic acids is 2. The van der Waals surface area contributed by atoms with Crippen LogP contribution in [0.3, 0.4) is 0 Å². The van der Waals surface area contributed by atoms with E-state index in [-0.39, 0.29) is 27.6 Å². The number of Topliss-reactive ketones (excluding diaryl/α,β-unsaturated/α-hetero) is 1. The van der Waals surface area contributed by atoms with Crippen LogP contribution in [0.2, 0.25) is 10.0 Å². The lowest BCUT2D eigenvalue weighted by atomic mass is 9.96. The van der Waals surface area contributed by atoms with Crippen LogP contribution in [0.5, 0.6) is 0 Å². The first-order chi connectivity index (χ1) is 16.1. The van der Waals surface area contributed by atoms with Crippen LogP contribution in [0.4, 0.5) is 30.7 Å². The van der Waals surface area contributed by atoms with Crippen molar-refractivity contribution in [3.63, 3.8) is 0 Å². The summed E-state index contributed by atoms with van der Waals surface area (Å²) >= 11 is 14.4. The number of hydrogen-bond donors (Lipinski definition) is 1. The van der Waals surface area contributed by atoms with Gasteiger partial charge >= 0.3 is 12.4 Å². The number of allylic oxidation sites excluding steroid dienone is 1. The van der Waals surface area contributed by atoms with Crippen LogP contribution in [0.15, 0.2) is 40.9 Å². The molecule has 1 N–H and O–H groups in total. The summed E-state index contributed by atoms with van der Waals surface area (Å²) in [5.74, 6) is -4.71. The van der Waals surface area contributed by atoms with Crippen molar-refractivity contribution in [2.75, 3.05) is 6.54 Å². The maximum atomic E-state index is 13.6. The molecule has 190 valence electrons. The van der Waals surface area contributed by atoms with Crippen molar-refractivity contribution in [3.05, 3.63) is 73.4 Å². The minimum atomic E-state index is -4.75. The highest BCUT2D eigenvalue weighted by Gasteiger charge is 2.39. The Bertz CT molecular complexity index is 1110. The monoisotopic (exact) mass is 607 g/mol. The standard InChI is InChI=1S/C22H15BrCl2F7NO2/c23-15-7-11(1-3-13(15)18(34)5-6-19(35)33-10-21(27,28)29)2-4-14(22(30,31)32)12-8-16(24)20(26)17(25)9-12/h1-4,7-9,14H,5-6,10H2,(H,33,35)/b4-2+. The van der Waals surface area contributed by atoms with Crippen molar-refractivity contribution in [1.29, 1.82) is 0 Å². The number of rotatable bonds is 8. The number of amides is 1. The van der Waals surface area contributed by atoms with E-state index in [1.54, 1.807) is 5.32 Å². The van der Waals surface area contributed by atoms with Gasteiger partial charge in [0.25, 0.3) is 0 Å². The Hall–Kier alpha value is -2.11. The molecule has 0 saturated carbocycles. The average Bonchev–Trinajstić information content (AvgIpc) is 2.73. The van der Waals surface area contributed by atoms with Gasteiger partial charge in [0.1, 0.15) is 6.54 Å². The molecule has 0 saturated heterocycles. The Morgan fingerprint density at radius 3 is 2.11 bits per heavy atom. The Kier molecular flexibility index (Phi) is 9.78. The minimum absolute atomic E-state index is 0.0928. The zero-order valence-electron chi connectivity index (χ0n) is 17.3. The second-order valence-corrected chi connectivity index (χ2v) is 8.90. The summed E-state index contributed by atoms with van der Waals surface area (Å²) in [4.78, 5) is 23.8. The number of benzene rings is 2. The Balaban J connectivity index is 2.15. The van der Waals surface area contributed by atoms with Crippen molar-refractivity contribution in [2.45, 2.75) is 31.1 Å². The van der Waals surface area contributed by atoms with E-state index in [4.69, 9.17) is 23.2 Å². The van der Waals surface area contributed by atoms with Gasteiger partial charge in [-0.05, 0) is 35.4 Å². The van der Waals surface area contributed by atoms with Crippen LogP contribution in [0, 0.1) is 5.82 Å². The molecule has 13 heteroatoms. The van der Waals surface area contributed by atoms with E-state index in [1.807, 2.05) is 0 Å². The minimum Gasteiger partial charge on any atom is -0.347 e. The molecular formula is C22H15BrCl2F7NO2. The molecule has 0 fully saturated rings. The molecule has 1 unspecified atom stereocenters. The Labute approximate surface area is 213 Å². The quantitative estimate of drug-likeness (QED) is 0.188. The van der Waals surface area contributed by atoms with Gasteiger partial charge in [0.15, 0.2) is 11.6 Å². The van der Waals surface area contributed by atoms with E-state index in [0.717, 1.165) is 24.3 Å². The Morgan fingerprint density at radius 1 is 1.00 bits per heavy atom. The second-order valence-electron chi connectivity index (χ2n) is 7.23. The number of nitrogens with one attached hydrogen (secondary N) is 1. The SMILES string of the molecule is O=C(CCC(=O)c1ccc(/C=C/C(c2cc(Cl)c(F)c(Cl)c2)C(F)(F)F)cc1Br)NCC(F)(F)F. The molecule has 0 aliphatic carbocycles. The first kappa shape index (κ1) is 29.1. The van der Waals surface area contributed by atoms with Crippen LogP contribution < -0.4 is 5.32 Å². The van der Waals surface area contributed by atoms with E-state index < -0.39 is 58.8 Å². The van der Waals surface area contributed by atoms with Gasteiger partial charge in [-0.1, -0.05) is 57.4 Å². The van der Waals surface area contributed by atoms with Gasteiger partial charge in [-0.3, -0.25) is 9.59 Å². The second kappa shape index (κ2) is 11.7. The van der Waals surface area contributed by atoms with E-state index in [9.17, 15) is 40.3 Å². The summed E-state index contributed by atoms with van der Waals surface area (Å²) in [7, 11) is 0. The van der Waals surface area contributed by atoms with Crippen molar-refractivity contribution < 1.29 is 40.3 Å². The smallest absolute Gasteiger partial charge is 0.347 e. The predicted octanol–water partition coefficient (Wildman–Crippen LogP) is 7.90. The molecule has 0 heterocycles. The zero-order valence-corrected chi connectivity index (χ0v) is 20.4. The third-order valence-corrected chi connectivity index (χ3v) is 5.76. The molecule has 0 aromatic heterocycles. The van der Waals surface area contributed by atoms with Gasteiger partial charge in [0.2, 0.25) is 5.91 Å². The van der Waals surface area contributed by atoms with Gasteiger partial charge in [0, 0.05) is 22.9 Å². The highest BCUT2D eigenvalue weighted by molar-refractivity contribution is 9.10. The third kappa shape index (κ3) is 8.80. The van der Waals surface area contributed by atoms with E-state index in [1.165, 1.54) is 18.2 Å². The average molecular weight is 609 g/mol. The van der Waals surface area contributed by atoms with E-state index >= 15 is 0 Å². The molecule has 0 spiro atoms. The molecule has 0 radical (unpaired) electrons.